The highest BCUT2D eigenvalue weighted by atomic mass is 16.2. The molecule has 26 heavy (non-hydrogen) atoms. The smallest absolute Gasteiger partial charge is 0.239 e. The number of nitrogens with two attached hydrogens (primary N) is 1. The molecule has 2 aliphatic carbocycles. The van der Waals surface area contributed by atoms with Crippen LogP contribution in [0.2, 0.25) is 0 Å². The molecule has 0 saturated heterocycles. The first-order chi connectivity index (χ1) is 12.4. The van der Waals surface area contributed by atoms with Gasteiger partial charge in [-0.3, -0.25) is 14.4 Å². The summed E-state index contributed by atoms with van der Waals surface area (Å²) in [6, 6.07) is 0.128. The molecule has 2 rings (SSSR count). The number of hydrogen-bond acceptors (Lipinski definition) is 4. The van der Waals surface area contributed by atoms with Crippen LogP contribution >= 0.6 is 0 Å². The van der Waals surface area contributed by atoms with Crippen molar-refractivity contribution in [1.82, 2.24) is 15.5 Å². The molecule has 0 radical (unpaired) electrons. The van der Waals surface area contributed by atoms with Gasteiger partial charge in [0.2, 0.25) is 17.7 Å². The molecule has 7 heteroatoms. The zero-order chi connectivity index (χ0) is 19.1. The first-order valence-corrected chi connectivity index (χ1v) is 9.94. The summed E-state index contributed by atoms with van der Waals surface area (Å²) in [4.78, 5) is 37.1. The van der Waals surface area contributed by atoms with E-state index >= 15 is 0 Å². The molecular formula is C19H34N4O3. The monoisotopic (exact) mass is 366 g/mol. The molecular weight excluding hydrogens is 332 g/mol. The van der Waals surface area contributed by atoms with Crippen LogP contribution in [0.25, 0.3) is 0 Å². The molecule has 7 nitrogen and oxygen atoms in total. The minimum absolute atomic E-state index is 0.0314. The highest BCUT2D eigenvalue weighted by molar-refractivity contribution is 5.82. The van der Waals surface area contributed by atoms with Gasteiger partial charge in [0.05, 0.1) is 6.04 Å². The molecule has 0 aliphatic heterocycles. The van der Waals surface area contributed by atoms with E-state index in [0.29, 0.717) is 25.4 Å². The Kier molecular flexibility index (Phi) is 7.87. The van der Waals surface area contributed by atoms with Gasteiger partial charge in [-0.25, -0.2) is 0 Å². The van der Waals surface area contributed by atoms with Crippen molar-refractivity contribution in [2.75, 3.05) is 13.6 Å². The molecule has 0 spiro atoms. The summed E-state index contributed by atoms with van der Waals surface area (Å²) in [6.45, 7) is 2.00. The maximum atomic E-state index is 12.5. The van der Waals surface area contributed by atoms with Crippen LogP contribution in [0.15, 0.2) is 0 Å². The number of amides is 3. The van der Waals surface area contributed by atoms with E-state index in [1.807, 2.05) is 11.9 Å². The van der Waals surface area contributed by atoms with Gasteiger partial charge >= 0.3 is 0 Å². The van der Waals surface area contributed by atoms with Gasteiger partial charge < -0.3 is 21.3 Å². The van der Waals surface area contributed by atoms with Crippen LogP contribution in [-0.4, -0.2) is 54.3 Å². The Bertz CT molecular complexity index is 499. The summed E-state index contributed by atoms with van der Waals surface area (Å²) in [5.74, 6) is 0.236. The fourth-order valence-electron chi connectivity index (χ4n) is 3.83. The third kappa shape index (κ3) is 5.97. The standard InChI is InChI=1S/C19H34N4O3/c1-13(24)21-12-4-7-17(25)22-15-10-8-14(9-11-15)18(20)19(26)23(2)16-5-3-6-16/h14-16,18H,3-12,20H2,1-2H3,(H,21,24)(H,22,25)/t14?,15?,18-/m0/s1. The summed E-state index contributed by atoms with van der Waals surface area (Å²) in [6.07, 6.45) is 7.95. The minimum Gasteiger partial charge on any atom is -0.356 e. The number of carbonyl (C=O) groups excluding carboxylic acids is 3. The quantitative estimate of drug-likeness (QED) is 0.556. The van der Waals surface area contributed by atoms with Gasteiger partial charge in [-0.2, -0.15) is 0 Å². The third-order valence-corrected chi connectivity index (χ3v) is 5.85. The lowest BCUT2D eigenvalue weighted by Crippen LogP contribution is -2.52. The minimum atomic E-state index is -0.421. The lowest BCUT2D eigenvalue weighted by molar-refractivity contribution is -0.136. The maximum absolute atomic E-state index is 12.5. The van der Waals surface area contributed by atoms with Crippen LogP contribution < -0.4 is 16.4 Å². The predicted octanol–water partition coefficient (Wildman–Crippen LogP) is 0.916. The maximum Gasteiger partial charge on any atom is 0.239 e. The second kappa shape index (κ2) is 9.90. The second-order valence-corrected chi connectivity index (χ2v) is 7.83. The predicted molar refractivity (Wildman–Crippen MR) is 100 cm³/mol. The highest BCUT2D eigenvalue weighted by Crippen LogP contribution is 2.29. The average molecular weight is 367 g/mol. The lowest BCUT2D eigenvalue weighted by Gasteiger charge is -2.38. The van der Waals surface area contributed by atoms with Crippen molar-refractivity contribution in [1.29, 1.82) is 0 Å². The largest absolute Gasteiger partial charge is 0.356 e. The van der Waals surface area contributed by atoms with Crippen molar-refractivity contribution < 1.29 is 14.4 Å². The van der Waals surface area contributed by atoms with Gasteiger partial charge in [0.25, 0.3) is 0 Å². The van der Waals surface area contributed by atoms with Crippen molar-refractivity contribution in [2.24, 2.45) is 11.7 Å². The fraction of sp³-hybridized carbons (Fsp3) is 0.842. The molecule has 4 N–H and O–H groups in total. The van der Waals surface area contributed by atoms with E-state index in [1.54, 1.807) is 0 Å². The number of nitrogens with zero attached hydrogens (tertiary/aromatic N) is 1. The van der Waals surface area contributed by atoms with Gasteiger partial charge in [0.1, 0.15) is 0 Å². The summed E-state index contributed by atoms with van der Waals surface area (Å²) >= 11 is 0. The van der Waals surface area contributed by atoms with Crippen LogP contribution in [-0.2, 0) is 14.4 Å². The van der Waals surface area contributed by atoms with Crippen molar-refractivity contribution in [3.8, 4) is 0 Å². The molecule has 2 fully saturated rings. The Labute approximate surface area is 156 Å². The fourth-order valence-corrected chi connectivity index (χ4v) is 3.83. The third-order valence-electron chi connectivity index (χ3n) is 5.85. The molecule has 148 valence electrons. The Morgan fingerprint density at radius 3 is 2.31 bits per heavy atom. The van der Waals surface area contributed by atoms with Crippen LogP contribution in [0.3, 0.4) is 0 Å². The first kappa shape index (κ1) is 20.7. The lowest BCUT2D eigenvalue weighted by atomic mass is 9.81. The Morgan fingerprint density at radius 1 is 1.12 bits per heavy atom. The van der Waals surface area contributed by atoms with Gasteiger partial charge in [-0.15, -0.1) is 0 Å². The van der Waals surface area contributed by atoms with Crippen LogP contribution in [0, 0.1) is 5.92 Å². The van der Waals surface area contributed by atoms with Gasteiger partial charge in [0.15, 0.2) is 0 Å². The number of hydrogen-bond donors (Lipinski definition) is 3. The summed E-state index contributed by atoms with van der Waals surface area (Å²) in [5.41, 5.74) is 6.25. The second-order valence-electron chi connectivity index (χ2n) is 7.83. The molecule has 1 atom stereocenters. The summed E-state index contributed by atoms with van der Waals surface area (Å²) < 4.78 is 0. The van der Waals surface area contributed by atoms with E-state index in [4.69, 9.17) is 5.73 Å². The number of likely N-dealkylation sites (N-methyl/N-ethyl adjacent to an activating group) is 1. The molecule has 0 aromatic rings. The van der Waals surface area contributed by atoms with Crippen molar-refractivity contribution >= 4 is 17.7 Å². The van der Waals surface area contributed by atoms with E-state index in [1.165, 1.54) is 13.3 Å². The molecule has 0 bridgehead atoms. The molecule has 0 unspecified atom stereocenters. The van der Waals surface area contributed by atoms with E-state index in [0.717, 1.165) is 38.5 Å². The van der Waals surface area contributed by atoms with E-state index in [2.05, 4.69) is 10.6 Å². The molecule has 0 heterocycles. The summed E-state index contributed by atoms with van der Waals surface area (Å²) in [7, 11) is 1.87. The molecule has 2 aliphatic rings. The van der Waals surface area contributed by atoms with Crippen LogP contribution in [0.5, 0.6) is 0 Å². The van der Waals surface area contributed by atoms with Crippen molar-refractivity contribution in [3.05, 3.63) is 0 Å². The van der Waals surface area contributed by atoms with E-state index in [9.17, 15) is 14.4 Å². The van der Waals surface area contributed by atoms with Gasteiger partial charge in [-0.05, 0) is 57.3 Å². The summed E-state index contributed by atoms with van der Waals surface area (Å²) in [5, 5.41) is 5.76. The Hall–Kier alpha value is -1.63. The van der Waals surface area contributed by atoms with Crippen LogP contribution in [0.1, 0.15) is 64.7 Å². The van der Waals surface area contributed by atoms with Crippen molar-refractivity contribution in [3.63, 3.8) is 0 Å². The number of carbonyl (C=O) groups is 3. The first-order valence-electron chi connectivity index (χ1n) is 9.94. The molecule has 2 saturated carbocycles. The zero-order valence-electron chi connectivity index (χ0n) is 16.1. The van der Waals surface area contributed by atoms with E-state index < -0.39 is 6.04 Å². The Balaban J connectivity index is 1.65. The normalized spacial score (nSPS) is 24.3. The number of rotatable bonds is 8. The molecule has 0 aromatic heterocycles. The van der Waals surface area contributed by atoms with Crippen molar-refractivity contribution in [2.45, 2.75) is 82.8 Å². The van der Waals surface area contributed by atoms with E-state index in [-0.39, 0.29) is 29.7 Å². The Morgan fingerprint density at radius 2 is 1.77 bits per heavy atom. The van der Waals surface area contributed by atoms with Crippen LogP contribution in [0.4, 0.5) is 0 Å². The highest BCUT2D eigenvalue weighted by Gasteiger charge is 2.34. The zero-order valence-corrected chi connectivity index (χ0v) is 16.1. The molecule has 3 amide bonds. The molecule has 0 aromatic carbocycles. The number of nitrogens with one attached hydrogen (secondary N) is 2. The van der Waals surface area contributed by atoms with Gasteiger partial charge in [-0.1, -0.05) is 0 Å². The van der Waals surface area contributed by atoms with Gasteiger partial charge in [0, 0.05) is 39.0 Å². The average Bonchev–Trinajstić information content (AvgIpc) is 2.56. The topological polar surface area (TPSA) is 105 Å². The SMILES string of the molecule is CC(=O)NCCCC(=O)NC1CCC([C@H](N)C(=O)N(C)C2CCC2)CC1.